The molecule has 0 unspecified atom stereocenters. The molecule has 0 radical (unpaired) electrons. The first kappa shape index (κ1) is 22.0. The van der Waals surface area contributed by atoms with Crippen molar-refractivity contribution in [1.29, 1.82) is 0 Å². The van der Waals surface area contributed by atoms with Gasteiger partial charge in [-0.15, -0.1) is 0 Å². The van der Waals surface area contributed by atoms with Crippen LogP contribution in [-0.2, 0) is 12.8 Å². The fraction of sp³-hybridized carbons (Fsp3) is 0.148. The van der Waals surface area contributed by atoms with Gasteiger partial charge < -0.3 is 10.6 Å². The lowest BCUT2D eigenvalue weighted by molar-refractivity contribution is 0.629. The molecule has 2 aromatic heterocycles. The molecule has 0 fully saturated rings. The minimum atomic E-state index is -0.326. The molecule has 7 heteroatoms. The van der Waals surface area contributed by atoms with Gasteiger partial charge in [0.1, 0.15) is 11.6 Å². The van der Waals surface area contributed by atoms with E-state index in [1.54, 1.807) is 23.5 Å². The smallest absolute Gasteiger partial charge is 0.229 e. The summed E-state index contributed by atoms with van der Waals surface area (Å²) in [7, 11) is 0. The summed E-state index contributed by atoms with van der Waals surface area (Å²) in [5.74, 6) is 0.605. The summed E-state index contributed by atoms with van der Waals surface area (Å²) < 4.78 is 15.7. The number of anilines is 4. The van der Waals surface area contributed by atoms with Crippen LogP contribution in [0.4, 0.5) is 27.0 Å². The van der Waals surface area contributed by atoms with Crippen molar-refractivity contribution < 1.29 is 4.39 Å². The number of nitrogens with zero attached hydrogens (tertiary/aromatic N) is 3. The highest BCUT2D eigenvalue weighted by atomic mass is 32.1. The molecule has 0 aliphatic carbocycles. The monoisotopic (exact) mass is 469 g/mol. The van der Waals surface area contributed by atoms with Crippen LogP contribution in [-0.4, -0.2) is 15.0 Å². The van der Waals surface area contributed by atoms with E-state index in [4.69, 9.17) is 0 Å². The number of thiazole rings is 1. The lowest BCUT2D eigenvalue weighted by Crippen LogP contribution is -2.05. The minimum absolute atomic E-state index is 0.326. The number of halogens is 1. The van der Waals surface area contributed by atoms with Gasteiger partial charge in [0.15, 0.2) is 5.13 Å². The van der Waals surface area contributed by atoms with E-state index in [1.165, 1.54) is 5.56 Å². The third kappa shape index (κ3) is 5.05. The van der Waals surface area contributed by atoms with Crippen LogP contribution in [0.25, 0.3) is 10.2 Å². The minimum Gasteiger partial charge on any atom is -0.322 e. The summed E-state index contributed by atoms with van der Waals surface area (Å²) >= 11 is 1.57. The average Bonchev–Trinajstić information content (AvgIpc) is 3.22. The van der Waals surface area contributed by atoms with Crippen molar-refractivity contribution in [2.24, 2.45) is 0 Å². The molecule has 0 spiro atoms. The molecule has 5 rings (SSSR count). The first-order valence-electron chi connectivity index (χ1n) is 11.2. The topological polar surface area (TPSA) is 62.7 Å². The van der Waals surface area contributed by atoms with Gasteiger partial charge in [0.05, 0.1) is 21.6 Å². The first-order chi connectivity index (χ1) is 16.6. The molecule has 0 atom stereocenters. The Labute approximate surface area is 201 Å². The van der Waals surface area contributed by atoms with Crippen LogP contribution >= 0.6 is 11.3 Å². The second-order valence-corrected chi connectivity index (χ2v) is 9.17. The molecule has 3 aromatic carbocycles. The Bertz CT molecular complexity index is 1450. The van der Waals surface area contributed by atoms with Gasteiger partial charge >= 0.3 is 0 Å². The van der Waals surface area contributed by atoms with E-state index in [0.29, 0.717) is 23.9 Å². The first-order valence-corrected chi connectivity index (χ1v) is 12.0. The third-order valence-electron chi connectivity index (χ3n) is 5.47. The molecular formula is C27H24FN5S. The van der Waals surface area contributed by atoms with Gasteiger partial charge in [-0.1, -0.05) is 60.7 Å². The quantitative estimate of drug-likeness (QED) is 0.264. The average molecular weight is 470 g/mol. The second kappa shape index (κ2) is 9.57. The van der Waals surface area contributed by atoms with E-state index in [2.05, 4.69) is 56.8 Å². The number of rotatable bonds is 7. The predicted octanol–water partition coefficient (Wildman–Crippen LogP) is 7.17. The van der Waals surface area contributed by atoms with Crippen molar-refractivity contribution in [3.8, 4) is 0 Å². The maximum Gasteiger partial charge on any atom is 0.229 e. The number of hydrogen-bond acceptors (Lipinski definition) is 6. The molecule has 2 heterocycles. The van der Waals surface area contributed by atoms with Crippen LogP contribution in [0.3, 0.4) is 0 Å². The largest absolute Gasteiger partial charge is 0.322 e. The van der Waals surface area contributed by atoms with Crippen molar-refractivity contribution in [1.82, 2.24) is 15.0 Å². The van der Waals surface area contributed by atoms with Gasteiger partial charge in [0.25, 0.3) is 0 Å². The van der Waals surface area contributed by atoms with E-state index in [0.717, 1.165) is 38.6 Å². The van der Waals surface area contributed by atoms with E-state index >= 15 is 0 Å². The van der Waals surface area contributed by atoms with E-state index in [-0.39, 0.29) is 5.82 Å². The Morgan fingerprint density at radius 3 is 2.50 bits per heavy atom. The molecule has 0 saturated carbocycles. The molecule has 0 saturated heterocycles. The molecule has 5 aromatic rings. The van der Waals surface area contributed by atoms with Crippen molar-refractivity contribution in [2.75, 3.05) is 10.6 Å². The van der Waals surface area contributed by atoms with Gasteiger partial charge in [-0.2, -0.15) is 4.98 Å². The van der Waals surface area contributed by atoms with Gasteiger partial charge in [-0.3, -0.25) is 0 Å². The maximum atomic E-state index is 14.6. The van der Waals surface area contributed by atoms with E-state index in [1.807, 2.05) is 43.3 Å². The van der Waals surface area contributed by atoms with Crippen molar-refractivity contribution in [3.05, 3.63) is 101 Å². The van der Waals surface area contributed by atoms with E-state index < -0.39 is 0 Å². The summed E-state index contributed by atoms with van der Waals surface area (Å²) in [5, 5.41) is 7.12. The molecule has 0 bridgehead atoms. The SMILES string of the molecule is CCc1ccc(Nc2nc(Cc3ccccc3)cc(Nc3nc4ccc(C)cc4s3)n2)c(F)c1. The third-order valence-corrected chi connectivity index (χ3v) is 6.41. The van der Waals surface area contributed by atoms with Crippen LogP contribution in [0, 0.1) is 12.7 Å². The van der Waals surface area contributed by atoms with Crippen LogP contribution in [0.15, 0.2) is 72.8 Å². The number of aromatic nitrogens is 3. The molecule has 170 valence electrons. The highest BCUT2D eigenvalue weighted by Gasteiger charge is 2.11. The Balaban J connectivity index is 1.48. The van der Waals surface area contributed by atoms with Crippen LogP contribution < -0.4 is 10.6 Å². The number of aryl methyl sites for hydroxylation is 2. The molecule has 0 amide bonds. The summed E-state index contributed by atoms with van der Waals surface area (Å²) in [6.07, 6.45) is 1.40. The highest BCUT2D eigenvalue weighted by molar-refractivity contribution is 7.22. The zero-order chi connectivity index (χ0) is 23.5. The lowest BCUT2D eigenvalue weighted by Gasteiger charge is -2.11. The van der Waals surface area contributed by atoms with E-state index in [9.17, 15) is 4.39 Å². The Hall–Kier alpha value is -3.84. The molecule has 0 aliphatic heterocycles. The number of fused-ring (bicyclic) bond motifs is 1. The summed E-state index contributed by atoms with van der Waals surface area (Å²) in [5.41, 5.74) is 5.36. The highest BCUT2D eigenvalue weighted by Crippen LogP contribution is 2.29. The zero-order valence-corrected chi connectivity index (χ0v) is 19.8. The number of nitrogens with one attached hydrogen (secondary N) is 2. The van der Waals surface area contributed by atoms with Crippen molar-refractivity contribution >= 4 is 44.1 Å². The van der Waals surface area contributed by atoms with Gasteiger partial charge in [-0.25, -0.2) is 14.4 Å². The number of benzene rings is 3. The fourth-order valence-electron chi connectivity index (χ4n) is 3.71. The Morgan fingerprint density at radius 1 is 0.853 bits per heavy atom. The maximum absolute atomic E-state index is 14.6. The second-order valence-electron chi connectivity index (χ2n) is 8.14. The zero-order valence-electron chi connectivity index (χ0n) is 19.0. The predicted molar refractivity (Wildman–Crippen MR) is 138 cm³/mol. The number of hydrogen-bond donors (Lipinski definition) is 2. The molecule has 0 aliphatic rings. The van der Waals surface area contributed by atoms with Gasteiger partial charge in [0, 0.05) is 12.5 Å². The Kier molecular flexibility index (Phi) is 6.18. The fourth-order valence-corrected chi connectivity index (χ4v) is 4.68. The summed E-state index contributed by atoms with van der Waals surface area (Å²) in [6.45, 7) is 4.07. The summed E-state index contributed by atoms with van der Waals surface area (Å²) in [6, 6.07) is 23.4. The lowest BCUT2D eigenvalue weighted by atomic mass is 10.1. The van der Waals surface area contributed by atoms with Gasteiger partial charge in [0.2, 0.25) is 5.95 Å². The van der Waals surface area contributed by atoms with Crippen molar-refractivity contribution in [2.45, 2.75) is 26.7 Å². The molecule has 34 heavy (non-hydrogen) atoms. The van der Waals surface area contributed by atoms with Crippen LogP contribution in [0.2, 0.25) is 0 Å². The Morgan fingerprint density at radius 2 is 1.71 bits per heavy atom. The molecule has 2 N–H and O–H groups in total. The van der Waals surface area contributed by atoms with Crippen molar-refractivity contribution in [3.63, 3.8) is 0 Å². The standard InChI is InChI=1S/C27H24FN5S/c1-3-18-10-12-22(21(28)15-18)30-26-29-20(14-19-7-5-4-6-8-19)16-25(32-26)33-27-31-23-11-9-17(2)13-24(23)34-27/h4-13,15-16H,3,14H2,1-2H3,(H2,29,30,31,32,33). The van der Waals surface area contributed by atoms with Crippen LogP contribution in [0.1, 0.15) is 29.3 Å². The molecule has 5 nitrogen and oxygen atoms in total. The van der Waals surface area contributed by atoms with Gasteiger partial charge in [-0.05, 0) is 54.3 Å². The molecular weight excluding hydrogens is 445 g/mol. The summed E-state index contributed by atoms with van der Waals surface area (Å²) in [4.78, 5) is 13.9. The van der Waals surface area contributed by atoms with Crippen LogP contribution in [0.5, 0.6) is 0 Å². The normalized spacial score (nSPS) is 11.0.